The molecule has 0 amide bonds. The Morgan fingerprint density at radius 1 is 1.43 bits per heavy atom. The van der Waals surface area contributed by atoms with E-state index in [4.69, 9.17) is 0 Å². The van der Waals surface area contributed by atoms with Crippen LogP contribution in [0.15, 0.2) is 21.3 Å². The summed E-state index contributed by atoms with van der Waals surface area (Å²) in [7, 11) is 0. The number of aryl methyl sites for hydroxylation is 1. The van der Waals surface area contributed by atoms with Crippen molar-refractivity contribution in [3.05, 3.63) is 21.3 Å². The summed E-state index contributed by atoms with van der Waals surface area (Å²) in [5.74, 6) is 0. The van der Waals surface area contributed by atoms with Gasteiger partial charge in [-0.2, -0.15) is 5.10 Å². The normalized spacial score (nSPS) is 11.1. The predicted molar refractivity (Wildman–Crippen MR) is 63.2 cm³/mol. The van der Waals surface area contributed by atoms with E-state index in [0.717, 1.165) is 33.1 Å². The van der Waals surface area contributed by atoms with Crippen LogP contribution in [0.5, 0.6) is 0 Å². The van der Waals surface area contributed by atoms with Crippen molar-refractivity contribution in [2.24, 2.45) is 0 Å². The molecule has 0 saturated carbocycles. The molecule has 2 aromatic heterocycles. The van der Waals surface area contributed by atoms with E-state index in [1.807, 2.05) is 10.7 Å². The van der Waals surface area contributed by atoms with Crippen molar-refractivity contribution >= 4 is 42.9 Å². The smallest absolute Gasteiger partial charge is 0.111 e. The quantitative estimate of drug-likeness (QED) is 0.795. The van der Waals surface area contributed by atoms with Gasteiger partial charge < -0.3 is 0 Å². The maximum Gasteiger partial charge on any atom is 0.111 e. The lowest BCUT2D eigenvalue weighted by Crippen LogP contribution is -1.98. The van der Waals surface area contributed by atoms with E-state index < -0.39 is 0 Å². The molecule has 0 atom stereocenters. The molecule has 0 aromatic carbocycles. The summed E-state index contributed by atoms with van der Waals surface area (Å²) in [6.07, 6.45) is 2.86. The summed E-state index contributed by atoms with van der Waals surface area (Å²) in [6, 6.07) is 1.94. The molecule has 14 heavy (non-hydrogen) atoms. The van der Waals surface area contributed by atoms with Gasteiger partial charge in [0, 0.05) is 11.0 Å². The minimum absolute atomic E-state index is 0.827. The minimum Gasteiger partial charge on any atom is -0.262 e. The third kappa shape index (κ3) is 1.70. The molecule has 0 N–H and O–H groups in total. The van der Waals surface area contributed by atoms with Crippen LogP contribution in [0.2, 0.25) is 0 Å². The SMILES string of the molecule is CCCn1ncc2nc(Br)cc(Br)c21. The van der Waals surface area contributed by atoms with Crippen LogP contribution in [-0.2, 0) is 6.54 Å². The van der Waals surface area contributed by atoms with E-state index in [2.05, 4.69) is 48.9 Å². The van der Waals surface area contributed by atoms with Crippen molar-refractivity contribution < 1.29 is 0 Å². The molecule has 3 nitrogen and oxygen atoms in total. The lowest BCUT2D eigenvalue weighted by molar-refractivity contribution is 0.621. The Balaban J connectivity index is 2.66. The monoisotopic (exact) mass is 317 g/mol. The Labute approximate surface area is 98.8 Å². The number of aromatic nitrogens is 3. The fourth-order valence-electron chi connectivity index (χ4n) is 1.40. The summed E-state index contributed by atoms with van der Waals surface area (Å²) in [4.78, 5) is 4.34. The van der Waals surface area contributed by atoms with Crippen LogP contribution < -0.4 is 0 Å². The number of halogens is 2. The van der Waals surface area contributed by atoms with Crippen molar-refractivity contribution in [1.82, 2.24) is 14.8 Å². The lowest BCUT2D eigenvalue weighted by atomic mass is 10.4. The topological polar surface area (TPSA) is 30.7 Å². The van der Waals surface area contributed by atoms with E-state index in [1.165, 1.54) is 0 Å². The van der Waals surface area contributed by atoms with E-state index in [9.17, 15) is 0 Å². The van der Waals surface area contributed by atoms with Crippen LogP contribution in [0.4, 0.5) is 0 Å². The first kappa shape index (κ1) is 10.1. The van der Waals surface area contributed by atoms with Crippen LogP contribution in [0.3, 0.4) is 0 Å². The summed E-state index contributed by atoms with van der Waals surface area (Å²) in [5.41, 5.74) is 1.98. The first-order valence-electron chi connectivity index (χ1n) is 4.40. The Bertz CT molecular complexity index is 464. The van der Waals surface area contributed by atoms with Crippen LogP contribution in [0.25, 0.3) is 11.0 Å². The molecule has 0 unspecified atom stereocenters. The van der Waals surface area contributed by atoms with Crippen molar-refractivity contribution in [2.75, 3.05) is 0 Å². The zero-order valence-corrected chi connectivity index (χ0v) is 10.8. The molecular weight excluding hydrogens is 310 g/mol. The Morgan fingerprint density at radius 3 is 2.93 bits per heavy atom. The highest BCUT2D eigenvalue weighted by Crippen LogP contribution is 2.25. The molecule has 0 spiro atoms. The van der Waals surface area contributed by atoms with Crippen LogP contribution in [-0.4, -0.2) is 14.8 Å². The Morgan fingerprint density at radius 2 is 2.21 bits per heavy atom. The van der Waals surface area contributed by atoms with Crippen LogP contribution >= 0.6 is 31.9 Å². The van der Waals surface area contributed by atoms with Crippen LogP contribution in [0.1, 0.15) is 13.3 Å². The molecule has 0 radical (unpaired) electrons. The second-order valence-electron chi connectivity index (χ2n) is 3.03. The van der Waals surface area contributed by atoms with Gasteiger partial charge in [0.2, 0.25) is 0 Å². The zero-order chi connectivity index (χ0) is 10.1. The van der Waals surface area contributed by atoms with Gasteiger partial charge in [-0.1, -0.05) is 6.92 Å². The number of rotatable bonds is 2. The molecule has 2 heterocycles. The molecule has 74 valence electrons. The van der Waals surface area contributed by atoms with Crippen molar-refractivity contribution in [3.63, 3.8) is 0 Å². The molecule has 0 aliphatic heterocycles. The molecule has 0 saturated heterocycles. The van der Waals surface area contributed by atoms with Crippen molar-refractivity contribution in [1.29, 1.82) is 0 Å². The summed E-state index contributed by atoms with van der Waals surface area (Å²) >= 11 is 6.87. The average Bonchev–Trinajstić information content (AvgIpc) is 2.49. The predicted octanol–water partition coefficient (Wildman–Crippen LogP) is 3.37. The van der Waals surface area contributed by atoms with E-state index >= 15 is 0 Å². The first-order valence-corrected chi connectivity index (χ1v) is 5.98. The summed E-state index contributed by atoms with van der Waals surface area (Å²) < 4.78 is 3.83. The van der Waals surface area contributed by atoms with Gasteiger partial charge in [0.15, 0.2) is 0 Å². The minimum atomic E-state index is 0.827. The number of pyridine rings is 1. The molecule has 0 aliphatic carbocycles. The van der Waals surface area contributed by atoms with Gasteiger partial charge >= 0.3 is 0 Å². The molecule has 0 aliphatic rings. The molecule has 2 rings (SSSR count). The van der Waals surface area contributed by atoms with Gasteiger partial charge in [-0.15, -0.1) is 0 Å². The zero-order valence-electron chi connectivity index (χ0n) is 7.67. The van der Waals surface area contributed by atoms with Crippen LogP contribution in [0, 0.1) is 0 Å². The third-order valence-electron chi connectivity index (χ3n) is 1.95. The van der Waals surface area contributed by atoms with Crippen molar-refractivity contribution in [2.45, 2.75) is 19.9 Å². The number of fused-ring (bicyclic) bond motifs is 1. The second-order valence-corrected chi connectivity index (χ2v) is 4.70. The molecule has 2 aromatic rings. The number of nitrogens with zero attached hydrogens (tertiary/aromatic N) is 3. The Kier molecular flexibility index (Phi) is 2.88. The summed E-state index contributed by atoms with van der Waals surface area (Å²) in [6.45, 7) is 3.05. The van der Waals surface area contributed by atoms with Gasteiger partial charge in [0.05, 0.1) is 6.20 Å². The first-order chi connectivity index (χ1) is 6.72. The van der Waals surface area contributed by atoms with Gasteiger partial charge in [0.25, 0.3) is 0 Å². The fraction of sp³-hybridized carbons (Fsp3) is 0.333. The largest absolute Gasteiger partial charge is 0.262 e. The van der Waals surface area contributed by atoms with Crippen molar-refractivity contribution in [3.8, 4) is 0 Å². The highest BCUT2D eigenvalue weighted by atomic mass is 79.9. The molecule has 5 heteroatoms. The van der Waals surface area contributed by atoms with E-state index in [1.54, 1.807) is 6.20 Å². The van der Waals surface area contributed by atoms with E-state index in [-0.39, 0.29) is 0 Å². The maximum absolute atomic E-state index is 4.34. The molecular formula is C9H9Br2N3. The highest BCUT2D eigenvalue weighted by Gasteiger charge is 2.08. The van der Waals surface area contributed by atoms with Gasteiger partial charge in [-0.25, -0.2) is 4.98 Å². The van der Waals surface area contributed by atoms with Gasteiger partial charge in [-0.05, 0) is 44.3 Å². The summed E-state index contributed by atoms with van der Waals surface area (Å²) in [5, 5.41) is 4.29. The number of hydrogen-bond donors (Lipinski definition) is 0. The number of hydrogen-bond acceptors (Lipinski definition) is 2. The standard InChI is InChI=1S/C9H9Br2N3/c1-2-3-14-9-6(10)4-8(11)13-7(9)5-12-14/h4-5H,2-3H2,1H3. The average molecular weight is 319 g/mol. The second kappa shape index (κ2) is 3.98. The molecule has 0 bridgehead atoms. The fourth-order valence-corrected chi connectivity index (χ4v) is 2.76. The maximum atomic E-state index is 4.34. The highest BCUT2D eigenvalue weighted by molar-refractivity contribution is 9.11. The molecule has 0 fully saturated rings. The van der Waals surface area contributed by atoms with E-state index in [0.29, 0.717) is 0 Å². The lowest BCUT2D eigenvalue weighted by Gasteiger charge is -2.02. The third-order valence-corrected chi connectivity index (χ3v) is 2.97. The Hall–Kier alpha value is -0.420. The van der Waals surface area contributed by atoms with Gasteiger partial charge in [-0.3, -0.25) is 4.68 Å². The van der Waals surface area contributed by atoms with Gasteiger partial charge in [0.1, 0.15) is 15.6 Å².